The number of aromatic nitrogens is 1. The van der Waals surface area contributed by atoms with E-state index in [0.29, 0.717) is 17.8 Å². The van der Waals surface area contributed by atoms with Crippen molar-refractivity contribution in [2.75, 3.05) is 17.6 Å². The topological polar surface area (TPSA) is 50.9 Å². The van der Waals surface area contributed by atoms with E-state index >= 15 is 0 Å². The van der Waals surface area contributed by atoms with Gasteiger partial charge in [0.25, 0.3) is 0 Å². The summed E-state index contributed by atoms with van der Waals surface area (Å²) in [5.41, 5.74) is 7.62. The molecule has 96 valence electrons. The van der Waals surface area contributed by atoms with Crippen LogP contribution in [0.3, 0.4) is 0 Å². The molecule has 0 atom stereocenters. The lowest BCUT2D eigenvalue weighted by atomic mass is 9.85. The quantitative estimate of drug-likeness (QED) is 0.823. The van der Waals surface area contributed by atoms with Crippen LogP contribution in [-0.4, -0.2) is 11.5 Å². The van der Waals surface area contributed by atoms with E-state index in [1.54, 1.807) is 0 Å². The van der Waals surface area contributed by atoms with E-state index in [9.17, 15) is 0 Å². The minimum absolute atomic E-state index is 0.636. The molecule has 1 heterocycles. The summed E-state index contributed by atoms with van der Waals surface area (Å²) in [5, 5.41) is 3.38. The number of pyridine rings is 1. The largest absolute Gasteiger partial charge is 0.396 e. The van der Waals surface area contributed by atoms with E-state index in [1.807, 2.05) is 19.1 Å². The molecular weight excluding hydrogens is 210 g/mol. The maximum absolute atomic E-state index is 5.90. The van der Waals surface area contributed by atoms with Gasteiger partial charge >= 0.3 is 0 Å². The smallest absolute Gasteiger partial charge is 0.149 e. The monoisotopic (exact) mass is 235 g/mol. The fraction of sp³-hybridized carbons (Fsp3) is 0.643. The first-order valence-electron chi connectivity index (χ1n) is 6.38. The Morgan fingerprint density at radius 1 is 1.18 bits per heavy atom. The van der Waals surface area contributed by atoms with Gasteiger partial charge in [-0.3, -0.25) is 0 Å². The zero-order chi connectivity index (χ0) is 13.0. The van der Waals surface area contributed by atoms with Crippen LogP contribution in [0.5, 0.6) is 0 Å². The van der Waals surface area contributed by atoms with Crippen LogP contribution < -0.4 is 11.1 Å². The molecule has 1 aromatic heterocycles. The first-order chi connectivity index (χ1) is 7.91. The van der Waals surface area contributed by atoms with Gasteiger partial charge in [-0.15, -0.1) is 0 Å². The third kappa shape index (κ3) is 3.91. The second-order valence-corrected chi connectivity index (χ2v) is 5.42. The van der Waals surface area contributed by atoms with Gasteiger partial charge in [-0.1, -0.05) is 27.7 Å². The SMILES string of the molecule is Cc1ccc(N)c(NCC(C(C)C)C(C)C)n1. The van der Waals surface area contributed by atoms with Crippen molar-refractivity contribution in [3.05, 3.63) is 17.8 Å². The maximum Gasteiger partial charge on any atom is 0.149 e. The van der Waals surface area contributed by atoms with E-state index in [1.165, 1.54) is 0 Å². The Kier molecular flexibility index (Phi) is 4.79. The molecule has 1 rings (SSSR count). The van der Waals surface area contributed by atoms with Crippen LogP contribution in [0.4, 0.5) is 11.5 Å². The minimum atomic E-state index is 0.636. The van der Waals surface area contributed by atoms with Crippen molar-refractivity contribution in [3.8, 4) is 0 Å². The fourth-order valence-electron chi connectivity index (χ4n) is 2.16. The number of hydrogen-bond donors (Lipinski definition) is 2. The van der Waals surface area contributed by atoms with Crippen LogP contribution in [0.15, 0.2) is 12.1 Å². The summed E-state index contributed by atoms with van der Waals surface area (Å²) in [6.07, 6.45) is 0. The molecule has 0 saturated carbocycles. The average Bonchev–Trinajstić information content (AvgIpc) is 2.22. The second-order valence-electron chi connectivity index (χ2n) is 5.42. The summed E-state index contributed by atoms with van der Waals surface area (Å²) in [6, 6.07) is 3.84. The molecular formula is C14H25N3. The molecule has 0 fully saturated rings. The highest BCUT2D eigenvalue weighted by Crippen LogP contribution is 2.22. The first-order valence-corrected chi connectivity index (χ1v) is 6.38. The standard InChI is InChI=1S/C14H25N3/c1-9(2)12(10(3)4)8-16-14-13(15)7-6-11(5)17-14/h6-7,9-10,12H,8,15H2,1-5H3,(H,16,17). The maximum atomic E-state index is 5.90. The number of nitrogens with one attached hydrogen (secondary N) is 1. The number of nitrogens with zero attached hydrogens (tertiary/aromatic N) is 1. The lowest BCUT2D eigenvalue weighted by Gasteiger charge is -2.25. The molecule has 0 aliphatic heterocycles. The molecule has 0 aliphatic rings. The zero-order valence-corrected chi connectivity index (χ0v) is 11.6. The van der Waals surface area contributed by atoms with Gasteiger partial charge < -0.3 is 11.1 Å². The third-order valence-electron chi connectivity index (χ3n) is 3.28. The van der Waals surface area contributed by atoms with Crippen molar-refractivity contribution in [2.24, 2.45) is 17.8 Å². The lowest BCUT2D eigenvalue weighted by molar-refractivity contribution is 0.304. The summed E-state index contributed by atoms with van der Waals surface area (Å²) in [4.78, 5) is 4.43. The Bertz CT molecular complexity index is 350. The molecule has 0 amide bonds. The average molecular weight is 235 g/mol. The Labute approximate surface area is 105 Å². The van der Waals surface area contributed by atoms with Crippen LogP contribution in [-0.2, 0) is 0 Å². The van der Waals surface area contributed by atoms with Crippen LogP contribution >= 0.6 is 0 Å². The normalized spacial score (nSPS) is 11.5. The predicted octanol–water partition coefficient (Wildman–Crippen LogP) is 3.31. The number of anilines is 2. The molecule has 0 unspecified atom stereocenters. The van der Waals surface area contributed by atoms with E-state index in [4.69, 9.17) is 5.73 Å². The predicted molar refractivity (Wildman–Crippen MR) is 75.0 cm³/mol. The highest BCUT2D eigenvalue weighted by Gasteiger charge is 2.17. The van der Waals surface area contributed by atoms with E-state index in [-0.39, 0.29) is 0 Å². The van der Waals surface area contributed by atoms with Gasteiger partial charge in [0.1, 0.15) is 5.82 Å². The summed E-state index contributed by atoms with van der Waals surface area (Å²) in [7, 11) is 0. The summed E-state index contributed by atoms with van der Waals surface area (Å²) in [6.45, 7) is 12.0. The van der Waals surface area contributed by atoms with Gasteiger partial charge in [0.15, 0.2) is 0 Å². The number of rotatable bonds is 5. The van der Waals surface area contributed by atoms with Gasteiger partial charge in [0, 0.05) is 12.2 Å². The van der Waals surface area contributed by atoms with E-state index in [0.717, 1.165) is 23.7 Å². The number of hydrogen-bond acceptors (Lipinski definition) is 3. The number of nitrogen functional groups attached to an aromatic ring is 1. The van der Waals surface area contributed by atoms with Crippen molar-refractivity contribution in [3.63, 3.8) is 0 Å². The van der Waals surface area contributed by atoms with Gasteiger partial charge in [0.2, 0.25) is 0 Å². The molecule has 3 nitrogen and oxygen atoms in total. The Morgan fingerprint density at radius 3 is 2.29 bits per heavy atom. The van der Waals surface area contributed by atoms with Crippen LogP contribution in [0, 0.1) is 24.7 Å². The molecule has 0 aliphatic carbocycles. The molecule has 1 aromatic rings. The Balaban J connectivity index is 2.68. The van der Waals surface area contributed by atoms with E-state index < -0.39 is 0 Å². The molecule has 3 N–H and O–H groups in total. The summed E-state index contributed by atoms with van der Waals surface area (Å²) < 4.78 is 0. The fourth-order valence-corrected chi connectivity index (χ4v) is 2.16. The van der Waals surface area contributed by atoms with Gasteiger partial charge in [-0.25, -0.2) is 4.98 Å². The van der Waals surface area contributed by atoms with Crippen molar-refractivity contribution < 1.29 is 0 Å². The third-order valence-corrected chi connectivity index (χ3v) is 3.28. The highest BCUT2D eigenvalue weighted by atomic mass is 15.0. The molecule has 0 spiro atoms. The second kappa shape index (κ2) is 5.89. The van der Waals surface area contributed by atoms with E-state index in [2.05, 4.69) is 38.0 Å². The highest BCUT2D eigenvalue weighted by molar-refractivity contribution is 5.61. The van der Waals surface area contributed by atoms with Crippen LogP contribution in [0.2, 0.25) is 0 Å². The molecule has 0 radical (unpaired) electrons. The van der Waals surface area contributed by atoms with Crippen LogP contribution in [0.25, 0.3) is 0 Å². The molecule has 0 bridgehead atoms. The Hall–Kier alpha value is -1.25. The molecule has 0 aromatic carbocycles. The molecule has 17 heavy (non-hydrogen) atoms. The van der Waals surface area contributed by atoms with Gasteiger partial charge in [-0.05, 0) is 36.8 Å². The zero-order valence-electron chi connectivity index (χ0n) is 11.6. The molecule has 3 heteroatoms. The molecule has 0 saturated heterocycles. The van der Waals surface area contributed by atoms with Crippen molar-refractivity contribution in [1.82, 2.24) is 4.98 Å². The first kappa shape index (κ1) is 13.8. The van der Waals surface area contributed by atoms with Gasteiger partial charge in [-0.2, -0.15) is 0 Å². The Morgan fingerprint density at radius 2 is 1.76 bits per heavy atom. The van der Waals surface area contributed by atoms with Crippen molar-refractivity contribution in [1.29, 1.82) is 0 Å². The number of nitrogens with two attached hydrogens (primary N) is 1. The van der Waals surface area contributed by atoms with Gasteiger partial charge in [0.05, 0.1) is 5.69 Å². The summed E-state index contributed by atoms with van der Waals surface area (Å²) >= 11 is 0. The van der Waals surface area contributed by atoms with Crippen molar-refractivity contribution >= 4 is 11.5 Å². The summed E-state index contributed by atoms with van der Waals surface area (Å²) in [5.74, 6) is 2.77. The lowest BCUT2D eigenvalue weighted by Crippen LogP contribution is -2.25. The number of aryl methyl sites for hydroxylation is 1. The van der Waals surface area contributed by atoms with Crippen LogP contribution in [0.1, 0.15) is 33.4 Å². The minimum Gasteiger partial charge on any atom is -0.396 e. The van der Waals surface area contributed by atoms with Crippen molar-refractivity contribution in [2.45, 2.75) is 34.6 Å².